The molecule has 1 aliphatic rings. The summed E-state index contributed by atoms with van der Waals surface area (Å²) in [6, 6.07) is 11.6. The molecule has 1 atom stereocenters. The van der Waals surface area contributed by atoms with Crippen LogP contribution in [0.2, 0.25) is 5.02 Å². The van der Waals surface area contributed by atoms with E-state index in [0.29, 0.717) is 18.2 Å². The third-order valence-electron chi connectivity index (χ3n) is 3.32. The maximum Gasteiger partial charge on any atom is 0.104 e. The van der Waals surface area contributed by atoms with Gasteiger partial charge in [-0.15, -0.1) is 0 Å². The molecule has 2 nitrogen and oxygen atoms in total. The quantitative estimate of drug-likeness (QED) is 0.789. The molecule has 0 saturated heterocycles. The van der Waals surface area contributed by atoms with Gasteiger partial charge in [-0.3, -0.25) is 0 Å². The Balaban J connectivity index is 1.94. The molecule has 1 unspecified atom stereocenters. The molecule has 0 fully saturated rings. The van der Waals surface area contributed by atoms with E-state index in [9.17, 15) is 5.11 Å². The third kappa shape index (κ3) is 2.65. The van der Waals surface area contributed by atoms with Crippen LogP contribution in [-0.2, 0) is 18.0 Å². The van der Waals surface area contributed by atoms with Gasteiger partial charge in [0.2, 0.25) is 0 Å². The summed E-state index contributed by atoms with van der Waals surface area (Å²) in [6.07, 6.45) is -0.652. The predicted octanol–water partition coefficient (Wildman–Crippen LogP) is 4.06. The topological polar surface area (TPSA) is 29.5 Å². The van der Waals surface area contributed by atoms with Gasteiger partial charge in [-0.1, -0.05) is 35.9 Å². The first-order valence-electron chi connectivity index (χ1n) is 5.97. The van der Waals surface area contributed by atoms with Gasteiger partial charge in [-0.2, -0.15) is 0 Å². The number of hydrogen-bond acceptors (Lipinski definition) is 2. The zero-order chi connectivity index (χ0) is 13.4. The molecule has 1 aliphatic heterocycles. The molecule has 3 rings (SSSR count). The van der Waals surface area contributed by atoms with Crippen LogP contribution in [0, 0.1) is 3.57 Å². The molecule has 19 heavy (non-hydrogen) atoms. The molecule has 4 heteroatoms. The lowest BCUT2D eigenvalue weighted by Gasteiger charge is -2.13. The molecule has 0 spiro atoms. The first-order valence-corrected chi connectivity index (χ1v) is 7.43. The molecule has 98 valence electrons. The molecular weight excluding hydrogens is 375 g/mol. The Labute approximate surface area is 130 Å². The van der Waals surface area contributed by atoms with Crippen LogP contribution >= 0.6 is 34.2 Å². The van der Waals surface area contributed by atoms with Crippen LogP contribution in [0.15, 0.2) is 36.4 Å². The lowest BCUT2D eigenvalue weighted by molar-refractivity contribution is 0.134. The van der Waals surface area contributed by atoms with Crippen molar-refractivity contribution in [1.29, 1.82) is 0 Å². The first kappa shape index (κ1) is 13.4. The van der Waals surface area contributed by atoms with Crippen LogP contribution in [0.25, 0.3) is 0 Å². The third-order valence-corrected chi connectivity index (χ3v) is 4.89. The van der Waals surface area contributed by atoms with Crippen LogP contribution in [0.5, 0.6) is 0 Å². The average Bonchev–Trinajstić information content (AvgIpc) is 2.88. The molecule has 2 aromatic carbocycles. The molecule has 0 aromatic heterocycles. The van der Waals surface area contributed by atoms with E-state index in [4.69, 9.17) is 16.3 Å². The van der Waals surface area contributed by atoms with Crippen molar-refractivity contribution in [1.82, 2.24) is 0 Å². The van der Waals surface area contributed by atoms with Crippen molar-refractivity contribution in [2.24, 2.45) is 0 Å². The highest BCUT2D eigenvalue weighted by molar-refractivity contribution is 14.1. The number of halogens is 2. The molecule has 0 radical (unpaired) electrons. The summed E-state index contributed by atoms with van der Waals surface area (Å²) < 4.78 is 6.37. The number of ether oxygens (including phenoxy) is 1. The van der Waals surface area contributed by atoms with Crippen molar-refractivity contribution in [3.63, 3.8) is 0 Å². The first-order chi connectivity index (χ1) is 9.15. The molecule has 0 bridgehead atoms. The van der Waals surface area contributed by atoms with E-state index in [0.717, 1.165) is 20.3 Å². The lowest BCUT2D eigenvalue weighted by Crippen LogP contribution is -2.01. The summed E-state index contributed by atoms with van der Waals surface area (Å²) in [5.74, 6) is 0. The highest BCUT2D eigenvalue weighted by atomic mass is 127. The Morgan fingerprint density at radius 1 is 1.05 bits per heavy atom. The van der Waals surface area contributed by atoms with Gasteiger partial charge in [0, 0.05) is 3.57 Å². The van der Waals surface area contributed by atoms with E-state index in [1.807, 2.05) is 36.4 Å². The van der Waals surface area contributed by atoms with Gasteiger partial charge in [-0.25, -0.2) is 0 Å². The Morgan fingerprint density at radius 3 is 2.53 bits per heavy atom. The summed E-state index contributed by atoms with van der Waals surface area (Å²) >= 11 is 8.27. The molecule has 1 heterocycles. The van der Waals surface area contributed by atoms with Crippen LogP contribution in [-0.4, -0.2) is 5.11 Å². The van der Waals surface area contributed by atoms with Gasteiger partial charge in [-0.05, 0) is 57.0 Å². The highest BCUT2D eigenvalue weighted by Crippen LogP contribution is 2.29. The summed E-state index contributed by atoms with van der Waals surface area (Å²) in [5.41, 5.74) is 4.05. The normalized spacial score (nSPS) is 15.3. The summed E-state index contributed by atoms with van der Waals surface area (Å²) in [7, 11) is 0. The van der Waals surface area contributed by atoms with Crippen LogP contribution < -0.4 is 0 Å². The van der Waals surface area contributed by atoms with E-state index < -0.39 is 6.10 Å². The molecule has 2 aromatic rings. The van der Waals surface area contributed by atoms with Gasteiger partial charge >= 0.3 is 0 Å². The number of benzene rings is 2. The number of rotatable bonds is 2. The van der Waals surface area contributed by atoms with Gasteiger partial charge in [0.15, 0.2) is 0 Å². The number of fused-ring (bicyclic) bond motifs is 1. The summed E-state index contributed by atoms with van der Waals surface area (Å²) in [5, 5.41) is 11.1. The second-order valence-electron chi connectivity index (χ2n) is 4.60. The number of aliphatic hydroxyl groups excluding tert-OH is 1. The standard InChI is InChI=1S/C15H12ClIO2/c16-13-6-10(3-4-14(13)17)15(18)9-1-2-11-7-19-8-12(11)5-9/h1-6,15,18H,7-8H2. The van der Waals surface area contributed by atoms with E-state index in [1.54, 1.807) is 0 Å². The Bertz CT molecular complexity index is 628. The zero-order valence-electron chi connectivity index (χ0n) is 10.1. The number of aliphatic hydroxyl groups is 1. The maximum atomic E-state index is 10.4. The van der Waals surface area contributed by atoms with Crippen LogP contribution in [0.1, 0.15) is 28.4 Å². The monoisotopic (exact) mass is 386 g/mol. The lowest BCUT2D eigenvalue weighted by atomic mass is 9.98. The zero-order valence-corrected chi connectivity index (χ0v) is 13.0. The summed E-state index contributed by atoms with van der Waals surface area (Å²) in [4.78, 5) is 0. The minimum absolute atomic E-state index is 0.628. The van der Waals surface area contributed by atoms with Gasteiger partial charge in [0.25, 0.3) is 0 Å². The fraction of sp³-hybridized carbons (Fsp3) is 0.200. The van der Waals surface area contributed by atoms with Crippen molar-refractivity contribution in [2.75, 3.05) is 0 Å². The van der Waals surface area contributed by atoms with E-state index in [2.05, 4.69) is 22.6 Å². The Kier molecular flexibility index (Phi) is 3.80. The largest absolute Gasteiger partial charge is 0.384 e. The van der Waals surface area contributed by atoms with Gasteiger partial charge < -0.3 is 9.84 Å². The van der Waals surface area contributed by atoms with Crippen molar-refractivity contribution < 1.29 is 9.84 Å². The minimum Gasteiger partial charge on any atom is -0.384 e. The maximum absolute atomic E-state index is 10.4. The average molecular weight is 387 g/mol. The second-order valence-corrected chi connectivity index (χ2v) is 6.17. The minimum atomic E-state index is -0.652. The van der Waals surface area contributed by atoms with Crippen molar-refractivity contribution in [3.05, 3.63) is 67.2 Å². The van der Waals surface area contributed by atoms with Gasteiger partial charge in [0.1, 0.15) is 6.10 Å². The van der Waals surface area contributed by atoms with Crippen molar-refractivity contribution >= 4 is 34.2 Å². The Hall–Kier alpha value is -0.620. The molecule has 0 amide bonds. The second kappa shape index (κ2) is 5.40. The molecule has 0 aliphatic carbocycles. The van der Waals surface area contributed by atoms with Crippen molar-refractivity contribution in [3.8, 4) is 0 Å². The van der Waals surface area contributed by atoms with Crippen LogP contribution in [0.4, 0.5) is 0 Å². The number of hydrogen-bond donors (Lipinski definition) is 1. The Morgan fingerprint density at radius 2 is 1.74 bits per heavy atom. The SMILES string of the molecule is OC(c1ccc(I)c(Cl)c1)c1ccc2c(c1)COC2. The van der Waals surface area contributed by atoms with Crippen molar-refractivity contribution in [2.45, 2.75) is 19.3 Å². The predicted molar refractivity (Wildman–Crippen MR) is 83.2 cm³/mol. The fourth-order valence-electron chi connectivity index (χ4n) is 2.24. The van der Waals surface area contributed by atoms with E-state index in [1.165, 1.54) is 5.56 Å². The highest BCUT2D eigenvalue weighted by Gasteiger charge is 2.16. The van der Waals surface area contributed by atoms with Gasteiger partial charge in [0.05, 0.1) is 18.2 Å². The fourth-order valence-corrected chi connectivity index (χ4v) is 2.76. The summed E-state index contributed by atoms with van der Waals surface area (Å²) in [6.45, 7) is 1.30. The molecule has 1 N–H and O–H groups in total. The van der Waals surface area contributed by atoms with Crippen LogP contribution in [0.3, 0.4) is 0 Å². The smallest absolute Gasteiger partial charge is 0.104 e. The van der Waals surface area contributed by atoms with E-state index >= 15 is 0 Å². The molecular formula is C15H12ClIO2. The van der Waals surface area contributed by atoms with E-state index in [-0.39, 0.29) is 0 Å². The molecule has 0 saturated carbocycles.